The second kappa shape index (κ2) is 7.99. The van der Waals surface area contributed by atoms with Crippen molar-refractivity contribution >= 4 is 23.2 Å². The lowest BCUT2D eigenvalue weighted by Crippen LogP contribution is -2.48. The number of benzene rings is 2. The monoisotopic (exact) mass is 355 g/mol. The van der Waals surface area contributed by atoms with Crippen molar-refractivity contribution in [2.75, 3.05) is 36.4 Å². The van der Waals surface area contributed by atoms with E-state index in [1.54, 1.807) is 25.1 Å². The van der Waals surface area contributed by atoms with E-state index in [2.05, 4.69) is 10.2 Å². The van der Waals surface area contributed by atoms with Gasteiger partial charge in [-0.15, -0.1) is 0 Å². The van der Waals surface area contributed by atoms with E-state index in [-0.39, 0.29) is 24.1 Å². The van der Waals surface area contributed by atoms with Gasteiger partial charge in [-0.05, 0) is 35.9 Å². The lowest BCUT2D eigenvalue weighted by atomic mass is 10.1. The van der Waals surface area contributed by atoms with Crippen LogP contribution < -0.4 is 10.2 Å². The standard InChI is InChI=1S/C20H22FN3O2/c1-15(25)23-10-12-24(13-11-23)18-8-6-17(7-9-18)22-20(26)14-16-4-2-3-5-19(16)21/h2-9H,10-14H2,1H3,(H,22,26). The van der Waals surface area contributed by atoms with Crippen molar-refractivity contribution in [3.63, 3.8) is 0 Å². The third-order valence-corrected chi connectivity index (χ3v) is 4.55. The van der Waals surface area contributed by atoms with Gasteiger partial charge < -0.3 is 15.1 Å². The number of anilines is 2. The summed E-state index contributed by atoms with van der Waals surface area (Å²) in [6.07, 6.45) is 0.00142. The zero-order valence-corrected chi connectivity index (χ0v) is 14.7. The van der Waals surface area contributed by atoms with E-state index in [4.69, 9.17) is 0 Å². The van der Waals surface area contributed by atoms with Gasteiger partial charge in [0, 0.05) is 44.5 Å². The topological polar surface area (TPSA) is 52.7 Å². The Morgan fingerprint density at radius 2 is 1.65 bits per heavy atom. The molecule has 6 heteroatoms. The number of halogens is 1. The van der Waals surface area contributed by atoms with E-state index in [1.807, 2.05) is 29.2 Å². The molecule has 1 heterocycles. The number of nitrogens with one attached hydrogen (secondary N) is 1. The number of carbonyl (C=O) groups excluding carboxylic acids is 2. The van der Waals surface area contributed by atoms with Crippen LogP contribution in [0.4, 0.5) is 15.8 Å². The fourth-order valence-electron chi connectivity index (χ4n) is 3.06. The molecule has 0 aromatic heterocycles. The normalized spacial score (nSPS) is 14.2. The Morgan fingerprint density at radius 3 is 2.27 bits per heavy atom. The number of rotatable bonds is 4. The van der Waals surface area contributed by atoms with Crippen molar-refractivity contribution in [1.82, 2.24) is 4.90 Å². The van der Waals surface area contributed by atoms with Crippen LogP contribution in [0.3, 0.4) is 0 Å². The van der Waals surface area contributed by atoms with E-state index in [1.165, 1.54) is 6.07 Å². The van der Waals surface area contributed by atoms with Gasteiger partial charge in [-0.25, -0.2) is 4.39 Å². The van der Waals surface area contributed by atoms with E-state index >= 15 is 0 Å². The molecule has 0 unspecified atom stereocenters. The number of carbonyl (C=O) groups is 2. The lowest BCUT2D eigenvalue weighted by Gasteiger charge is -2.35. The summed E-state index contributed by atoms with van der Waals surface area (Å²) in [6.45, 7) is 4.61. The highest BCUT2D eigenvalue weighted by Gasteiger charge is 2.18. The average Bonchev–Trinajstić information content (AvgIpc) is 2.64. The Labute approximate surface area is 152 Å². The molecule has 1 aliphatic rings. The molecule has 2 amide bonds. The maximum Gasteiger partial charge on any atom is 0.228 e. The van der Waals surface area contributed by atoms with Gasteiger partial charge in [0.05, 0.1) is 6.42 Å². The molecular formula is C20H22FN3O2. The largest absolute Gasteiger partial charge is 0.368 e. The Hall–Kier alpha value is -2.89. The first-order chi connectivity index (χ1) is 12.5. The first-order valence-electron chi connectivity index (χ1n) is 8.67. The van der Waals surface area contributed by atoms with Crippen LogP contribution in [0.15, 0.2) is 48.5 Å². The Kier molecular flexibility index (Phi) is 5.51. The van der Waals surface area contributed by atoms with Gasteiger partial charge >= 0.3 is 0 Å². The molecule has 26 heavy (non-hydrogen) atoms. The minimum absolute atomic E-state index is 0.00142. The maximum absolute atomic E-state index is 13.6. The van der Waals surface area contributed by atoms with Crippen molar-refractivity contribution in [3.8, 4) is 0 Å². The molecule has 0 spiro atoms. The molecule has 1 aliphatic heterocycles. The van der Waals surface area contributed by atoms with Crippen LogP contribution >= 0.6 is 0 Å². The van der Waals surface area contributed by atoms with Crippen LogP contribution in [-0.2, 0) is 16.0 Å². The third-order valence-electron chi connectivity index (χ3n) is 4.55. The molecular weight excluding hydrogens is 333 g/mol. The number of amides is 2. The van der Waals surface area contributed by atoms with E-state index < -0.39 is 0 Å². The fourth-order valence-corrected chi connectivity index (χ4v) is 3.06. The zero-order valence-electron chi connectivity index (χ0n) is 14.7. The van der Waals surface area contributed by atoms with Crippen molar-refractivity contribution in [3.05, 3.63) is 59.9 Å². The highest BCUT2D eigenvalue weighted by atomic mass is 19.1. The molecule has 1 N–H and O–H groups in total. The van der Waals surface area contributed by atoms with Crippen LogP contribution in [-0.4, -0.2) is 42.9 Å². The summed E-state index contributed by atoms with van der Waals surface area (Å²) >= 11 is 0. The third kappa shape index (κ3) is 4.39. The number of piperazine rings is 1. The summed E-state index contributed by atoms with van der Waals surface area (Å²) in [5, 5.41) is 2.79. The van der Waals surface area contributed by atoms with Crippen molar-refractivity contribution in [2.24, 2.45) is 0 Å². The Bertz CT molecular complexity index is 784. The minimum atomic E-state index is -0.372. The molecule has 0 aliphatic carbocycles. The van der Waals surface area contributed by atoms with Crippen LogP contribution in [0.2, 0.25) is 0 Å². The zero-order chi connectivity index (χ0) is 18.5. The summed E-state index contributed by atoms with van der Waals surface area (Å²) in [5.74, 6) is -0.516. The Morgan fingerprint density at radius 1 is 1.00 bits per heavy atom. The molecule has 136 valence electrons. The molecule has 3 rings (SSSR count). The number of nitrogens with zero attached hydrogens (tertiary/aromatic N) is 2. The van der Waals surface area contributed by atoms with Crippen molar-refractivity contribution in [1.29, 1.82) is 0 Å². The summed E-state index contributed by atoms with van der Waals surface area (Å²) in [4.78, 5) is 27.5. The second-order valence-corrected chi connectivity index (χ2v) is 6.36. The summed E-state index contributed by atoms with van der Waals surface area (Å²) in [7, 11) is 0. The van der Waals surface area contributed by atoms with E-state index in [9.17, 15) is 14.0 Å². The SMILES string of the molecule is CC(=O)N1CCN(c2ccc(NC(=O)Cc3ccccc3F)cc2)CC1. The van der Waals surface area contributed by atoms with E-state index in [0.717, 1.165) is 31.9 Å². The average molecular weight is 355 g/mol. The quantitative estimate of drug-likeness (QED) is 0.917. The number of hydrogen-bond acceptors (Lipinski definition) is 3. The molecule has 1 saturated heterocycles. The summed E-state index contributed by atoms with van der Waals surface area (Å²) < 4.78 is 13.6. The molecule has 2 aromatic carbocycles. The number of hydrogen-bond donors (Lipinski definition) is 1. The second-order valence-electron chi connectivity index (χ2n) is 6.36. The highest BCUT2D eigenvalue weighted by molar-refractivity contribution is 5.92. The molecule has 1 fully saturated rings. The Balaban J connectivity index is 1.55. The minimum Gasteiger partial charge on any atom is -0.368 e. The molecule has 0 atom stereocenters. The smallest absolute Gasteiger partial charge is 0.228 e. The van der Waals surface area contributed by atoms with Gasteiger partial charge in [-0.2, -0.15) is 0 Å². The van der Waals surface area contributed by atoms with Crippen LogP contribution in [0.5, 0.6) is 0 Å². The summed E-state index contributed by atoms with van der Waals surface area (Å²) in [6, 6.07) is 13.8. The van der Waals surface area contributed by atoms with Gasteiger partial charge in [0.15, 0.2) is 0 Å². The fraction of sp³-hybridized carbons (Fsp3) is 0.300. The van der Waals surface area contributed by atoms with Crippen molar-refractivity contribution < 1.29 is 14.0 Å². The first-order valence-corrected chi connectivity index (χ1v) is 8.67. The maximum atomic E-state index is 13.6. The van der Waals surface area contributed by atoms with Gasteiger partial charge in [0.2, 0.25) is 11.8 Å². The lowest BCUT2D eigenvalue weighted by molar-refractivity contribution is -0.129. The predicted octanol–water partition coefficient (Wildman–Crippen LogP) is 2.68. The van der Waals surface area contributed by atoms with Gasteiger partial charge in [-0.3, -0.25) is 9.59 Å². The van der Waals surface area contributed by atoms with Crippen molar-refractivity contribution in [2.45, 2.75) is 13.3 Å². The molecule has 0 bridgehead atoms. The van der Waals surface area contributed by atoms with Gasteiger partial charge in [-0.1, -0.05) is 18.2 Å². The predicted molar refractivity (Wildman–Crippen MR) is 99.6 cm³/mol. The van der Waals surface area contributed by atoms with Gasteiger partial charge in [0.1, 0.15) is 5.82 Å². The molecule has 5 nitrogen and oxygen atoms in total. The molecule has 0 saturated carbocycles. The van der Waals surface area contributed by atoms with Crippen LogP contribution in [0.1, 0.15) is 12.5 Å². The summed E-state index contributed by atoms with van der Waals surface area (Å²) in [5.41, 5.74) is 2.11. The van der Waals surface area contributed by atoms with Crippen LogP contribution in [0.25, 0.3) is 0 Å². The van der Waals surface area contributed by atoms with Crippen LogP contribution in [0, 0.1) is 5.82 Å². The van der Waals surface area contributed by atoms with E-state index in [0.29, 0.717) is 11.3 Å². The first kappa shape index (κ1) is 17.9. The molecule has 0 radical (unpaired) electrons. The molecule has 2 aromatic rings. The van der Waals surface area contributed by atoms with Gasteiger partial charge in [0.25, 0.3) is 0 Å². The highest BCUT2D eigenvalue weighted by Crippen LogP contribution is 2.20.